The number of aliphatic carboxylic acids is 1. The van der Waals surface area contributed by atoms with Crippen LogP contribution in [-0.4, -0.2) is 58.5 Å². The molecule has 5 nitrogen and oxygen atoms in total. The van der Waals surface area contributed by atoms with E-state index in [4.69, 9.17) is 5.11 Å². The van der Waals surface area contributed by atoms with Crippen molar-refractivity contribution in [2.45, 2.75) is 45.3 Å². The first-order chi connectivity index (χ1) is 7.34. The number of hydrogen-bond donors (Lipinski definition) is 1. The largest absolute Gasteiger partial charge is 0.481 e. The number of hydrogen-bond acceptors (Lipinski definition) is 3. The van der Waals surface area contributed by atoms with Crippen LogP contribution in [0.15, 0.2) is 0 Å². The molecule has 0 radical (unpaired) electrons. The molecule has 0 spiro atoms. The third-order valence-corrected chi connectivity index (χ3v) is 3.03. The SMILES string of the molecule is CC(C)N1C(C)CN(C)C(=O)C1CC(=O)O. The lowest BCUT2D eigenvalue weighted by molar-refractivity contribution is -0.151. The van der Waals surface area contributed by atoms with Crippen LogP contribution < -0.4 is 0 Å². The summed E-state index contributed by atoms with van der Waals surface area (Å²) in [6.07, 6.45) is -0.119. The summed E-state index contributed by atoms with van der Waals surface area (Å²) in [5, 5.41) is 8.86. The molecule has 1 saturated heterocycles. The Balaban J connectivity index is 2.92. The van der Waals surface area contributed by atoms with E-state index in [0.29, 0.717) is 6.54 Å². The molecule has 16 heavy (non-hydrogen) atoms. The van der Waals surface area contributed by atoms with Gasteiger partial charge in [0.05, 0.1) is 6.42 Å². The predicted octanol–water partition coefficient (Wildman–Crippen LogP) is 0.401. The summed E-state index contributed by atoms with van der Waals surface area (Å²) >= 11 is 0. The number of piperazine rings is 1. The van der Waals surface area contributed by atoms with Gasteiger partial charge in [0.25, 0.3) is 0 Å². The molecule has 0 aromatic rings. The fourth-order valence-electron chi connectivity index (χ4n) is 2.50. The maximum atomic E-state index is 11.9. The molecule has 0 aromatic carbocycles. The molecule has 1 heterocycles. The van der Waals surface area contributed by atoms with Crippen molar-refractivity contribution in [3.05, 3.63) is 0 Å². The van der Waals surface area contributed by atoms with E-state index in [0.717, 1.165) is 0 Å². The zero-order valence-corrected chi connectivity index (χ0v) is 10.3. The normalized spacial score (nSPS) is 27.6. The number of carboxylic acids is 1. The average molecular weight is 228 g/mol. The molecule has 1 aliphatic heterocycles. The lowest BCUT2D eigenvalue weighted by Gasteiger charge is -2.45. The van der Waals surface area contributed by atoms with E-state index in [1.54, 1.807) is 11.9 Å². The molecule has 1 amide bonds. The van der Waals surface area contributed by atoms with Gasteiger partial charge in [0.2, 0.25) is 5.91 Å². The molecule has 1 N–H and O–H groups in total. The van der Waals surface area contributed by atoms with E-state index in [9.17, 15) is 9.59 Å². The van der Waals surface area contributed by atoms with Gasteiger partial charge in [-0.15, -0.1) is 0 Å². The maximum absolute atomic E-state index is 11.9. The summed E-state index contributed by atoms with van der Waals surface area (Å²) in [4.78, 5) is 26.4. The van der Waals surface area contributed by atoms with Gasteiger partial charge in [-0.05, 0) is 20.8 Å². The molecule has 5 heteroatoms. The molecule has 0 bridgehead atoms. The van der Waals surface area contributed by atoms with E-state index < -0.39 is 12.0 Å². The molecule has 0 aliphatic carbocycles. The summed E-state index contributed by atoms with van der Waals surface area (Å²) in [6, 6.07) is -0.143. The molecular formula is C11H20N2O3. The van der Waals surface area contributed by atoms with Crippen molar-refractivity contribution in [1.29, 1.82) is 0 Å². The Bertz CT molecular complexity index is 291. The van der Waals surface area contributed by atoms with E-state index in [2.05, 4.69) is 0 Å². The van der Waals surface area contributed by atoms with Gasteiger partial charge in [-0.1, -0.05) is 0 Å². The van der Waals surface area contributed by atoms with Gasteiger partial charge in [-0.2, -0.15) is 0 Å². The van der Waals surface area contributed by atoms with Crippen LogP contribution in [0.25, 0.3) is 0 Å². The van der Waals surface area contributed by atoms with Crippen molar-refractivity contribution in [2.24, 2.45) is 0 Å². The number of rotatable bonds is 3. The van der Waals surface area contributed by atoms with Crippen molar-refractivity contribution in [1.82, 2.24) is 9.80 Å². The first kappa shape index (κ1) is 13.0. The second kappa shape index (κ2) is 4.82. The molecule has 1 rings (SSSR count). The van der Waals surface area contributed by atoms with Gasteiger partial charge < -0.3 is 10.0 Å². The standard InChI is InChI=1S/C11H20N2O3/c1-7(2)13-8(3)6-12(4)11(16)9(13)5-10(14)15/h7-9H,5-6H2,1-4H3,(H,14,15). The van der Waals surface area contributed by atoms with Crippen LogP contribution in [0.5, 0.6) is 0 Å². The fraction of sp³-hybridized carbons (Fsp3) is 0.818. The topological polar surface area (TPSA) is 60.9 Å². The second-order valence-electron chi connectivity index (χ2n) is 4.72. The second-order valence-corrected chi connectivity index (χ2v) is 4.72. The highest BCUT2D eigenvalue weighted by Crippen LogP contribution is 2.21. The lowest BCUT2D eigenvalue weighted by Crippen LogP contribution is -2.62. The molecule has 1 fully saturated rings. The Morgan fingerprint density at radius 2 is 2.12 bits per heavy atom. The van der Waals surface area contributed by atoms with Crippen molar-refractivity contribution in [3.8, 4) is 0 Å². The highest BCUT2D eigenvalue weighted by atomic mass is 16.4. The lowest BCUT2D eigenvalue weighted by atomic mass is 10.0. The molecule has 1 aliphatic rings. The summed E-state index contributed by atoms with van der Waals surface area (Å²) in [5.74, 6) is -1.01. The monoisotopic (exact) mass is 228 g/mol. The quantitative estimate of drug-likeness (QED) is 0.759. The van der Waals surface area contributed by atoms with Crippen LogP contribution in [0.3, 0.4) is 0 Å². The smallest absolute Gasteiger partial charge is 0.305 e. The first-order valence-electron chi connectivity index (χ1n) is 5.58. The van der Waals surface area contributed by atoms with Gasteiger partial charge >= 0.3 is 5.97 Å². The predicted molar refractivity (Wildman–Crippen MR) is 60.1 cm³/mol. The van der Waals surface area contributed by atoms with E-state index in [-0.39, 0.29) is 24.4 Å². The number of amides is 1. The Kier molecular flexibility index (Phi) is 3.91. The molecule has 92 valence electrons. The van der Waals surface area contributed by atoms with Crippen molar-refractivity contribution >= 4 is 11.9 Å². The van der Waals surface area contributed by atoms with Gasteiger partial charge in [-0.25, -0.2) is 0 Å². The highest BCUT2D eigenvalue weighted by Gasteiger charge is 2.39. The van der Waals surface area contributed by atoms with Gasteiger partial charge in [-0.3, -0.25) is 14.5 Å². The minimum Gasteiger partial charge on any atom is -0.481 e. The zero-order valence-electron chi connectivity index (χ0n) is 10.3. The Morgan fingerprint density at radius 3 is 2.56 bits per heavy atom. The van der Waals surface area contributed by atoms with Crippen LogP contribution in [0.4, 0.5) is 0 Å². The van der Waals surface area contributed by atoms with Gasteiger partial charge in [0.15, 0.2) is 0 Å². The van der Waals surface area contributed by atoms with Crippen LogP contribution in [0, 0.1) is 0 Å². The summed E-state index contributed by atoms with van der Waals surface area (Å²) in [6.45, 7) is 6.67. The zero-order chi connectivity index (χ0) is 12.5. The summed E-state index contributed by atoms with van der Waals surface area (Å²) < 4.78 is 0. The van der Waals surface area contributed by atoms with Crippen LogP contribution in [0.1, 0.15) is 27.2 Å². The minimum absolute atomic E-state index is 0.0887. The van der Waals surface area contributed by atoms with Crippen molar-refractivity contribution in [3.63, 3.8) is 0 Å². The molecule has 2 unspecified atom stereocenters. The molecule has 0 aromatic heterocycles. The molecule has 2 atom stereocenters. The van der Waals surface area contributed by atoms with E-state index >= 15 is 0 Å². The Labute approximate surface area is 96.0 Å². The molecule has 0 saturated carbocycles. The number of carboxylic acid groups (broad SMARTS) is 1. The van der Waals surface area contributed by atoms with Crippen molar-refractivity contribution < 1.29 is 14.7 Å². The summed E-state index contributed by atoms with van der Waals surface area (Å²) in [7, 11) is 1.73. The minimum atomic E-state index is -0.925. The third kappa shape index (κ3) is 2.52. The van der Waals surface area contributed by atoms with Gasteiger partial charge in [0, 0.05) is 25.7 Å². The fourth-order valence-corrected chi connectivity index (χ4v) is 2.50. The van der Waals surface area contributed by atoms with Crippen LogP contribution >= 0.6 is 0 Å². The van der Waals surface area contributed by atoms with Crippen LogP contribution in [-0.2, 0) is 9.59 Å². The maximum Gasteiger partial charge on any atom is 0.305 e. The van der Waals surface area contributed by atoms with Crippen LogP contribution in [0.2, 0.25) is 0 Å². The number of likely N-dealkylation sites (N-methyl/N-ethyl adjacent to an activating group) is 1. The van der Waals surface area contributed by atoms with E-state index in [1.807, 2.05) is 25.7 Å². The van der Waals surface area contributed by atoms with Gasteiger partial charge in [0.1, 0.15) is 6.04 Å². The number of nitrogens with zero attached hydrogens (tertiary/aromatic N) is 2. The Hall–Kier alpha value is -1.10. The third-order valence-electron chi connectivity index (χ3n) is 3.03. The highest BCUT2D eigenvalue weighted by molar-refractivity contribution is 5.86. The molecular weight excluding hydrogens is 208 g/mol. The Morgan fingerprint density at radius 1 is 1.56 bits per heavy atom. The summed E-state index contributed by atoms with van der Waals surface area (Å²) in [5.41, 5.74) is 0. The first-order valence-corrected chi connectivity index (χ1v) is 5.58. The number of carbonyl (C=O) groups is 2. The van der Waals surface area contributed by atoms with Crippen molar-refractivity contribution in [2.75, 3.05) is 13.6 Å². The average Bonchev–Trinajstić information content (AvgIpc) is 2.12. The van der Waals surface area contributed by atoms with E-state index in [1.165, 1.54) is 0 Å². The number of carbonyl (C=O) groups excluding carboxylic acids is 1.